The van der Waals surface area contributed by atoms with Gasteiger partial charge in [-0.1, -0.05) is 0 Å². The molecule has 72 valence electrons. The van der Waals surface area contributed by atoms with Crippen LogP contribution in [0.25, 0.3) is 0 Å². The van der Waals surface area contributed by atoms with Crippen molar-refractivity contribution >= 4 is 5.82 Å². The highest BCUT2D eigenvalue weighted by molar-refractivity contribution is 5.35. The SMILES string of the molecule is CCN(CCCO)c1cccnn1. The molecule has 0 atom stereocenters. The fraction of sp³-hybridized carbons (Fsp3) is 0.556. The Balaban J connectivity index is 2.56. The van der Waals surface area contributed by atoms with Crippen molar-refractivity contribution in [2.75, 3.05) is 24.6 Å². The Morgan fingerprint density at radius 3 is 2.92 bits per heavy atom. The summed E-state index contributed by atoms with van der Waals surface area (Å²) in [5.74, 6) is 0.874. The summed E-state index contributed by atoms with van der Waals surface area (Å²) >= 11 is 0. The van der Waals surface area contributed by atoms with Crippen molar-refractivity contribution in [2.45, 2.75) is 13.3 Å². The first kappa shape index (κ1) is 9.92. The van der Waals surface area contributed by atoms with E-state index in [0.717, 1.165) is 25.3 Å². The fourth-order valence-electron chi connectivity index (χ4n) is 1.16. The van der Waals surface area contributed by atoms with E-state index in [-0.39, 0.29) is 6.61 Å². The standard InChI is InChI=1S/C9H15N3O/c1-2-12(7-4-8-13)9-5-3-6-10-11-9/h3,5-6,13H,2,4,7-8H2,1H3. The lowest BCUT2D eigenvalue weighted by Gasteiger charge is -2.20. The zero-order valence-electron chi connectivity index (χ0n) is 7.85. The third-order valence-corrected chi connectivity index (χ3v) is 1.85. The average molecular weight is 181 g/mol. The molecule has 0 amide bonds. The minimum atomic E-state index is 0.219. The van der Waals surface area contributed by atoms with E-state index in [1.807, 2.05) is 12.1 Å². The Bertz CT molecular complexity index is 228. The van der Waals surface area contributed by atoms with Crippen molar-refractivity contribution in [3.8, 4) is 0 Å². The summed E-state index contributed by atoms with van der Waals surface area (Å²) in [6.45, 7) is 3.99. The molecule has 1 rings (SSSR count). The van der Waals surface area contributed by atoms with E-state index in [9.17, 15) is 0 Å². The van der Waals surface area contributed by atoms with Crippen LogP contribution < -0.4 is 4.90 Å². The summed E-state index contributed by atoms with van der Waals surface area (Å²) in [5.41, 5.74) is 0. The quantitative estimate of drug-likeness (QED) is 0.726. The molecule has 0 saturated carbocycles. The van der Waals surface area contributed by atoms with Crippen molar-refractivity contribution in [3.63, 3.8) is 0 Å². The molecule has 0 aromatic carbocycles. The molecule has 0 aliphatic heterocycles. The highest BCUT2D eigenvalue weighted by Gasteiger charge is 2.03. The minimum Gasteiger partial charge on any atom is -0.396 e. The van der Waals surface area contributed by atoms with Gasteiger partial charge < -0.3 is 10.0 Å². The smallest absolute Gasteiger partial charge is 0.151 e. The van der Waals surface area contributed by atoms with E-state index in [4.69, 9.17) is 5.11 Å². The predicted octanol–water partition coefficient (Wildman–Crippen LogP) is 0.685. The first-order valence-electron chi connectivity index (χ1n) is 4.52. The predicted molar refractivity (Wildman–Crippen MR) is 51.6 cm³/mol. The van der Waals surface area contributed by atoms with Gasteiger partial charge in [0.1, 0.15) is 0 Å². The van der Waals surface area contributed by atoms with Gasteiger partial charge >= 0.3 is 0 Å². The van der Waals surface area contributed by atoms with Gasteiger partial charge in [-0.3, -0.25) is 0 Å². The van der Waals surface area contributed by atoms with Gasteiger partial charge in [0.15, 0.2) is 5.82 Å². The number of aliphatic hydroxyl groups is 1. The zero-order valence-corrected chi connectivity index (χ0v) is 7.85. The summed E-state index contributed by atoms with van der Waals surface area (Å²) < 4.78 is 0. The molecule has 0 unspecified atom stereocenters. The third kappa shape index (κ3) is 2.99. The minimum absolute atomic E-state index is 0.219. The van der Waals surface area contributed by atoms with Gasteiger partial charge in [0.05, 0.1) is 0 Å². The molecule has 0 aliphatic rings. The van der Waals surface area contributed by atoms with Gasteiger partial charge in [-0.25, -0.2) is 0 Å². The zero-order chi connectivity index (χ0) is 9.52. The molecule has 0 spiro atoms. The van der Waals surface area contributed by atoms with Crippen LogP contribution in [-0.2, 0) is 0 Å². The van der Waals surface area contributed by atoms with Crippen LogP contribution in [0, 0.1) is 0 Å². The van der Waals surface area contributed by atoms with E-state index < -0.39 is 0 Å². The lowest BCUT2D eigenvalue weighted by atomic mass is 10.3. The molecule has 0 aliphatic carbocycles. The third-order valence-electron chi connectivity index (χ3n) is 1.85. The first-order chi connectivity index (χ1) is 6.38. The second-order valence-electron chi connectivity index (χ2n) is 2.74. The Morgan fingerprint density at radius 2 is 2.38 bits per heavy atom. The second-order valence-corrected chi connectivity index (χ2v) is 2.74. The second kappa shape index (κ2) is 5.48. The molecule has 4 heteroatoms. The number of rotatable bonds is 5. The Morgan fingerprint density at radius 1 is 1.54 bits per heavy atom. The highest BCUT2D eigenvalue weighted by atomic mass is 16.3. The number of hydrogen-bond donors (Lipinski definition) is 1. The van der Waals surface area contributed by atoms with Crippen LogP contribution in [0.3, 0.4) is 0 Å². The van der Waals surface area contributed by atoms with Crippen LogP contribution in [0.15, 0.2) is 18.3 Å². The van der Waals surface area contributed by atoms with Crippen molar-refractivity contribution in [2.24, 2.45) is 0 Å². The molecule has 1 N–H and O–H groups in total. The Kier molecular flexibility index (Phi) is 4.18. The van der Waals surface area contributed by atoms with Gasteiger partial charge in [0.2, 0.25) is 0 Å². The highest BCUT2D eigenvalue weighted by Crippen LogP contribution is 2.07. The Hall–Kier alpha value is -1.16. The summed E-state index contributed by atoms with van der Waals surface area (Å²) in [6.07, 6.45) is 2.42. The number of aromatic nitrogens is 2. The maximum absolute atomic E-state index is 8.69. The van der Waals surface area contributed by atoms with Gasteiger partial charge in [-0.2, -0.15) is 5.10 Å². The molecule has 13 heavy (non-hydrogen) atoms. The molecule has 0 radical (unpaired) electrons. The van der Waals surface area contributed by atoms with E-state index in [0.29, 0.717) is 0 Å². The monoisotopic (exact) mass is 181 g/mol. The Labute approximate surface area is 78.2 Å². The van der Waals surface area contributed by atoms with Gasteiger partial charge in [0, 0.05) is 25.9 Å². The maximum Gasteiger partial charge on any atom is 0.151 e. The molecule has 0 fully saturated rings. The molecular weight excluding hydrogens is 166 g/mol. The summed E-state index contributed by atoms with van der Waals surface area (Å²) in [5, 5.41) is 16.5. The average Bonchev–Trinajstić information content (AvgIpc) is 2.21. The van der Waals surface area contributed by atoms with E-state index in [2.05, 4.69) is 22.0 Å². The summed E-state index contributed by atoms with van der Waals surface area (Å²) in [7, 11) is 0. The van der Waals surface area contributed by atoms with E-state index in [1.54, 1.807) is 6.20 Å². The molecule has 0 bridgehead atoms. The van der Waals surface area contributed by atoms with Crippen LogP contribution in [0.2, 0.25) is 0 Å². The van der Waals surface area contributed by atoms with Crippen molar-refractivity contribution < 1.29 is 5.11 Å². The number of nitrogens with zero attached hydrogens (tertiary/aromatic N) is 3. The lowest BCUT2D eigenvalue weighted by Crippen LogP contribution is -2.25. The molecular formula is C9H15N3O. The molecule has 1 heterocycles. The molecule has 4 nitrogen and oxygen atoms in total. The largest absolute Gasteiger partial charge is 0.396 e. The van der Waals surface area contributed by atoms with E-state index >= 15 is 0 Å². The normalized spacial score (nSPS) is 10.0. The summed E-state index contributed by atoms with van der Waals surface area (Å²) in [6, 6.07) is 3.79. The molecule has 0 saturated heterocycles. The van der Waals surface area contributed by atoms with Crippen molar-refractivity contribution in [1.82, 2.24) is 10.2 Å². The number of hydrogen-bond acceptors (Lipinski definition) is 4. The number of aliphatic hydroxyl groups excluding tert-OH is 1. The van der Waals surface area contributed by atoms with Crippen LogP contribution in [0.5, 0.6) is 0 Å². The fourth-order valence-corrected chi connectivity index (χ4v) is 1.16. The van der Waals surface area contributed by atoms with Gasteiger partial charge in [-0.05, 0) is 25.5 Å². The molecule has 1 aromatic heterocycles. The van der Waals surface area contributed by atoms with Crippen LogP contribution in [0.1, 0.15) is 13.3 Å². The first-order valence-corrected chi connectivity index (χ1v) is 4.52. The van der Waals surface area contributed by atoms with Crippen molar-refractivity contribution in [1.29, 1.82) is 0 Å². The number of anilines is 1. The maximum atomic E-state index is 8.69. The lowest BCUT2D eigenvalue weighted by molar-refractivity contribution is 0.289. The van der Waals surface area contributed by atoms with Crippen molar-refractivity contribution in [3.05, 3.63) is 18.3 Å². The van der Waals surface area contributed by atoms with Crippen LogP contribution in [-0.4, -0.2) is 35.0 Å². The topological polar surface area (TPSA) is 49.2 Å². The van der Waals surface area contributed by atoms with Crippen LogP contribution in [0.4, 0.5) is 5.82 Å². The summed E-state index contributed by atoms with van der Waals surface area (Å²) in [4.78, 5) is 2.09. The molecule has 1 aromatic rings. The van der Waals surface area contributed by atoms with Gasteiger partial charge in [0.25, 0.3) is 0 Å². The van der Waals surface area contributed by atoms with E-state index in [1.165, 1.54) is 0 Å². The van der Waals surface area contributed by atoms with Crippen LogP contribution >= 0.6 is 0 Å². The van der Waals surface area contributed by atoms with Gasteiger partial charge in [-0.15, -0.1) is 5.10 Å².